The molecule has 0 atom stereocenters. The van der Waals surface area contributed by atoms with Crippen molar-refractivity contribution in [2.45, 2.75) is 13.8 Å². The Kier molecular flexibility index (Phi) is 6.59. The molecule has 170 valence electrons. The minimum absolute atomic E-state index is 1.13. The molecule has 0 saturated carbocycles. The summed E-state index contributed by atoms with van der Waals surface area (Å²) in [5.74, 6) is 0. The Bertz CT molecular complexity index is 1310. The number of anilines is 3. The largest absolute Gasteiger partial charge is 0.311 e. The smallest absolute Gasteiger partial charge is 0.0462 e. The van der Waals surface area contributed by atoms with Crippen molar-refractivity contribution in [2.24, 2.45) is 0 Å². The molecule has 0 spiro atoms. The van der Waals surface area contributed by atoms with Crippen molar-refractivity contribution in [1.82, 2.24) is 0 Å². The van der Waals surface area contributed by atoms with Gasteiger partial charge in [0.2, 0.25) is 0 Å². The second-order valence-electron chi connectivity index (χ2n) is 8.68. The third kappa shape index (κ3) is 4.95. The zero-order chi connectivity index (χ0) is 24.0. The summed E-state index contributed by atoms with van der Waals surface area (Å²) in [6, 6.07) is 47.5. The Labute approximate surface area is 208 Å². The van der Waals surface area contributed by atoms with E-state index in [-0.39, 0.29) is 0 Å². The van der Waals surface area contributed by atoms with Crippen LogP contribution in [0.5, 0.6) is 0 Å². The molecule has 0 bridgehead atoms. The van der Waals surface area contributed by atoms with Crippen LogP contribution in [0.15, 0.2) is 140 Å². The van der Waals surface area contributed by atoms with E-state index >= 15 is 0 Å². The van der Waals surface area contributed by atoms with Gasteiger partial charge in [-0.15, -0.1) is 0 Å². The summed E-state index contributed by atoms with van der Waals surface area (Å²) < 4.78 is 0. The third-order valence-electron chi connectivity index (χ3n) is 6.48. The van der Waals surface area contributed by atoms with Crippen LogP contribution in [0.2, 0.25) is 0 Å². The highest BCUT2D eigenvalue weighted by Crippen LogP contribution is 2.37. The minimum atomic E-state index is 1.13. The van der Waals surface area contributed by atoms with E-state index in [1.54, 1.807) is 0 Å². The normalized spacial score (nSPS) is 11.3. The van der Waals surface area contributed by atoms with Gasteiger partial charge in [0.1, 0.15) is 0 Å². The Morgan fingerprint density at radius 3 is 1.17 bits per heavy atom. The van der Waals surface area contributed by atoms with Crippen molar-refractivity contribution >= 4 is 22.6 Å². The van der Waals surface area contributed by atoms with Crippen LogP contribution in [0.1, 0.15) is 19.4 Å². The van der Waals surface area contributed by atoms with Crippen LogP contribution >= 0.6 is 0 Å². The molecule has 0 fully saturated rings. The zero-order valence-corrected chi connectivity index (χ0v) is 20.2. The first kappa shape index (κ1) is 22.4. The van der Waals surface area contributed by atoms with Gasteiger partial charge in [-0.3, -0.25) is 0 Å². The van der Waals surface area contributed by atoms with Gasteiger partial charge in [-0.25, -0.2) is 0 Å². The van der Waals surface area contributed by atoms with Crippen LogP contribution < -0.4 is 4.90 Å². The summed E-state index contributed by atoms with van der Waals surface area (Å²) >= 11 is 0. The van der Waals surface area contributed by atoms with Crippen LogP contribution in [0.3, 0.4) is 0 Å². The molecule has 5 aromatic rings. The summed E-state index contributed by atoms with van der Waals surface area (Å²) in [4.78, 5) is 2.32. The van der Waals surface area contributed by atoms with Gasteiger partial charge in [0.05, 0.1) is 0 Å². The van der Waals surface area contributed by atoms with Gasteiger partial charge >= 0.3 is 0 Å². The molecule has 0 aromatic heterocycles. The Hall–Kier alpha value is -4.36. The fourth-order valence-electron chi connectivity index (χ4n) is 4.35. The maximum Gasteiger partial charge on any atom is 0.0462 e. The number of nitrogens with zero attached hydrogens (tertiary/aromatic N) is 1. The average Bonchev–Trinajstić information content (AvgIpc) is 2.95. The summed E-state index contributed by atoms with van der Waals surface area (Å²) in [5, 5.41) is 0. The molecule has 0 unspecified atom stereocenters. The van der Waals surface area contributed by atoms with Crippen molar-refractivity contribution in [1.29, 1.82) is 0 Å². The lowest BCUT2D eigenvalue weighted by molar-refractivity contribution is 1.28. The lowest BCUT2D eigenvalue weighted by Crippen LogP contribution is -2.09. The molecule has 0 saturated heterocycles. The van der Waals surface area contributed by atoms with Crippen LogP contribution in [0.4, 0.5) is 17.1 Å². The van der Waals surface area contributed by atoms with Crippen molar-refractivity contribution in [3.8, 4) is 22.3 Å². The quantitative estimate of drug-likeness (QED) is 0.248. The van der Waals surface area contributed by atoms with Crippen molar-refractivity contribution < 1.29 is 0 Å². The van der Waals surface area contributed by atoms with Crippen molar-refractivity contribution in [3.63, 3.8) is 0 Å². The molecular formula is C34H29N. The van der Waals surface area contributed by atoms with E-state index in [4.69, 9.17) is 0 Å². The molecule has 0 aliphatic carbocycles. The highest BCUT2D eigenvalue weighted by molar-refractivity contribution is 5.80. The molecule has 5 aromatic carbocycles. The zero-order valence-electron chi connectivity index (χ0n) is 20.2. The van der Waals surface area contributed by atoms with Gasteiger partial charge in [-0.05, 0) is 83.6 Å². The number of rotatable bonds is 6. The van der Waals surface area contributed by atoms with E-state index < -0.39 is 0 Å². The highest BCUT2D eigenvalue weighted by Gasteiger charge is 2.13. The van der Waals surface area contributed by atoms with Gasteiger partial charge in [0, 0.05) is 17.1 Å². The van der Waals surface area contributed by atoms with Gasteiger partial charge in [-0.2, -0.15) is 0 Å². The molecule has 5 rings (SSSR count). The number of hydrogen-bond acceptors (Lipinski definition) is 1. The Morgan fingerprint density at radius 2 is 0.800 bits per heavy atom. The number of hydrogen-bond donors (Lipinski definition) is 0. The summed E-state index contributed by atoms with van der Waals surface area (Å²) in [5.41, 5.74) is 10.8. The SMILES string of the molecule is CC=C(C)c1ccc(N(c2ccc(-c3ccccc3)cc2)c2ccc(-c3ccccc3)cc2)cc1. The third-order valence-corrected chi connectivity index (χ3v) is 6.48. The van der Waals surface area contributed by atoms with E-state index in [0.717, 1.165) is 17.1 Å². The molecule has 35 heavy (non-hydrogen) atoms. The van der Waals surface area contributed by atoms with Gasteiger partial charge in [-0.1, -0.05) is 103 Å². The monoisotopic (exact) mass is 451 g/mol. The lowest BCUT2D eigenvalue weighted by atomic mass is 10.0. The van der Waals surface area contributed by atoms with Gasteiger partial charge in [0.15, 0.2) is 0 Å². The average molecular weight is 452 g/mol. The van der Waals surface area contributed by atoms with Crippen LogP contribution in [0.25, 0.3) is 27.8 Å². The van der Waals surface area contributed by atoms with E-state index in [9.17, 15) is 0 Å². The summed E-state index contributed by atoms with van der Waals surface area (Å²) in [7, 11) is 0. The molecule has 0 radical (unpaired) electrons. The van der Waals surface area contributed by atoms with Crippen LogP contribution in [0, 0.1) is 0 Å². The van der Waals surface area contributed by atoms with E-state index in [2.05, 4.69) is 158 Å². The molecule has 0 aliphatic rings. The fraction of sp³-hybridized carbons (Fsp3) is 0.0588. The Balaban J connectivity index is 1.54. The molecule has 1 heteroatoms. The highest BCUT2D eigenvalue weighted by atomic mass is 15.1. The molecule has 0 N–H and O–H groups in total. The minimum Gasteiger partial charge on any atom is -0.311 e. The molecule has 0 heterocycles. The fourth-order valence-corrected chi connectivity index (χ4v) is 4.35. The van der Waals surface area contributed by atoms with E-state index in [0.29, 0.717) is 0 Å². The maximum absolute atomic E-state index is 2.32. The maximum atomic E-state index is 2.32. The van der Waals surface area contributed by atoms with E-state index in [1.807, 2.05) is 0 Å². The lowest BCUT2D eigenvalue weighted by Gasteiger charge is -2.26. The molecule has 0 aliphatic heterocycles. The summed E-state index contributed by atoms with van der Waals surface area (Å²) in [6.45, 7) is 4.23. The Morgan fingerprint density at radius 1 is 0.457 bits per heavy atom. The second-order valence-corrected chi connectivity index (χ2v) is 8.68. The first-order chi connectivity index (χ1) is 17.2. The van der Waals surface area contributed by atoms with Crippen LogP contribution in [-0.4, -0.2) is 0 Å². The first-order valence-electron chi connectivity index (χ1n) is 12.1. The van der Waals surface area contributed by atoms with E-state index in [1.165, 1.54) is 33.4 Å². The molecular weight excluding hydrogens is 422 g/mol. The predicted octanol–water partition coefficient (Wildman–Crippen LogP) is 9.91. The second kappa shape index (κ2) is 10.3. The van der Waals surface area contributed by atoms with Gasteiger partial charge in [0.25, 0.3) is 0 Å². The van der Waals surface area contributed by atoms with Crippen molar-refractivity contribution in [2.75, 3.05) is 4.90 Å². The topological polar surface area (TPSA) is 3.24 Å². The van der Waals surface area contributed by atoms with Crippen molar-refractivity contribution in [3.05, 3.63) is 145 Å². The first-order valence-corrected chi connectivity index (χ1v) is 12.1. The standard InChI is InChI=1S/C34H29N/c1-3-26(2)27-14-20-32(21-15-27)35(33-22-16-30(17-23-33)28-10-6-4-7-11-28)34-24-18-31(19-25-34)29-12-8-5-9-13-29/h3-25H,1-2H3. The number of allylic oxidation sites excluding steroid dienone is 2. The molecule has 0 amide bonds. The van der Waals surface area contributed by atoms with Gasteiger partial charge < -0.3 is 4.90 Å². The summed E-state index contributed by atoms with van der Waals surface area (Å²) in [6.07, 6.45) is 2.15. The molecule has 1 nitrogen and oxygen atoms in total. The van der Waals surface area contributed by atoms with Crippen LogP contribution in [-0.2, 0) is 0 Å². The number of benzene rings is 5. The predicted molar refractivity (Wildman–Crippen MR) is 151 cm³/mol.